The minimum absolute atomic E-state index is 0.159. The Morgan fingerprint density at radius 1 is 1.42 bits per heavy atom. The van der Waals surface area contributed by atoms with Crippen molar-refractivity contribution in [2.45, 2.75) is 37.1 Å². The van der Waals surface area contributed by atoms with Crippen molar-refractivity contribution in [1.29, 1.82) is 0 Å². The zero-order chi connectivity index (χ0) is 14.1. The number of rotatable bonds is 4. The van der Waals surface area contributed by atoms with Crippen molar-refractivity contribution < 1.29 is 18.3 Å². The average Bonchev–Trinajstić information content (AvgIpc) is 2.70. The molecule has 1 aromatic heterocycles. The standard InChI is InChI=1S/C11H19N3O4S/c1-8-10(9(2)13-12-8)19(16,17)14-11(7-15)3-5-18-6-4-11/h14-15H,3-7H2,1-2H3,(H,12,13). The lowest BCUT2D eigenvalue weighted by Gasteiger charge is -2.35. The highest BCUT2D eigenvalue weighted by atomic mass is 32.2. The third-order valence-corrected chi connectivity index (χ3v) is 5.27. The maximum absolute atomic E-state index is 12.4. The number of aryl methyl sites for hydroxylation is 2. The molecule has 0 atom stereocenters. The minimum Gasteiger partial charge on any atom is -0.394 e. The number of hydrogen-bond acceptors (Lipinski definition) is 5. The van der Waals surface area contributed by atoms with E-state index >= 15 is 0 Å². The van der Waals surface area contributed by atoms with Gasteiger partial charge < -0.3 is 9.84 Å². The molecule has 108 valence electrons. The molecule has 1 fully saturated rings. The average molecular weight is 289 g/mol. The van der Waals surface area contributed by atoms with Gasteiger partial charge in [-0.2, -0.15) is 5.10 Å². The lowest BCUT2D eigenvalue weighted by atomic mass is 9.93. The van der Waals surface area contributed by atoms with Gasteiger partial charge in [0.15, 0.2) is 0 Å². The number of aliphatic hydroxyl groups is 1. The summed E-state index contributed by atoms with van der Waals surface area (Å²) in [5.41, 5.74) is 0.0723. The monoisotopic (exact) mass is 289 g/mol. The van der Waals surface area contributed by atoms with Gasteiger partial charge in [0.25, 0.3) is 0 Å². The molecule has 1 aromatic rings. The number of nitrogens with zero attached hydrogens (tertiary/aromatic N) is 1. The molecule has 2 heterocycles. The molecule has 7 nitrogen and oxygen atoms in total. The Hall–Kier alpha value is -0.960. The number of aromatic amines is 1. The molecule has 8 heteroatoms. The fourth-order valence-electron chi connectivity index (χ4n) is 2.33. The Labute approximate surface area is 112 Å². The van der Waals surface area contributed by atoms with Crippen molar-refractivity contribution in [3.8, 4) is 0 Å². The number of sulfonamides is 1. The summed E-state index contributed by atoms with van der Waals surface area (Å²) in [5, 5.41) is 16.1. The fourth-order valence-corrected chi connectivity index (χ4v) is 4.15. The van der Waals surface area contributed by atoms with Crippen LogP contribution in [0.1, 0.15) is 24.2 Å². The Morgan fingerprint density at radius 2 is 2.05 bits per heavy atom. The second-order valence-electron chi connectivity index (χ2n) is 4.92. The van der Waals surface area contributed by atoms with Crippen LogP contribution in [0.2, 0.25) is 0 Å². The summed E-state index contributed by atoms with van der Waals surface area (Å²) >= 11 is 0. The molecule has 1 saturated heterocycles. The van der Waals surface area contributed by atoms with Gasteiger partial charge >= 0.3 is 0 Å². The summed E-state index contributed by atoms with van der Waals surface area (Å²) in [7, 11) is -3.71. The van der Waals surface area contributed by atoms with Crippen molar-refractivity contribution in [2.24, 2.45) is 0 Å². The van der Waals surface area contributed by atoms with Gasteiger partial charge in [-0.05, 0) is 26.7 Å². The van der Waals surface area contributed by atoms with Gasteiger partial charge in [-0.25, -0.2) is 13.1 Å². The second-order valence-corrected chi connectivity index (χ2v) is 6.54. The highest BCUT2D eigenvalue weighted by Gasteiger charge is 2.37. The summed E-state index contributed by atoms with van der Waals surface area (Å²) in [4.78, 5) is 0.159. The molecule has 0 unspecified atom stereocenters. The zero-order valence-electron chi connectivity index (χ0n) is 11.1. The predicted octanol–water partition coefficient (Wildman–Crippen LogP) is -0.154. The van der Waals surface area contributed by atoms with E-state index in [9.17, 15) is 13.5 Å². The van der Waals surface area contributed by atoms with Gasteiger partial charge in [0.05, 0.1) is 23.5 Å². The maximum Gasteiger partial charge on any atom is 0.244 e. The summed E-state index contributed by atoms with van der Waals surface area (Å²) in [6, 6.07) is 0. The summed E-state index contributed by atoms with van der Waals surface area (Å²) in [6.45, 7) is 3.92. The van der Waals surface area contributed by atoms with Gasteiger partial charge in [-0.15, -0.1) is 0 Å². The van der Waals surface area contributed by atoms with E-state index in [4.69, 9.17) is 4.74 Å². The lowest BCUT2D eigenvalue weighted by Crippen LogP contribution is -2.54. The molecule has 0 bridgehead atoms. The van der Waals surface area contributed by atoms with Crippen LogP contribution >= 0.6 is 0 Å². The van der Waals surface area contributed by atoms with Gasteiger partial charge in [-0.3, -0.25) is 5.10 Å². The van der Waals surface area contributed by atoms with E-state index in [0.717, 1.165) is 0 Å². The van der Waals surface area contributed by atoms with Gasteiger partial charge in [0.2, 0.25) is 10.0 Å². The highest BCUT2D eigenvalue weighted by molar-refractivity contribution is 7.89. The Morgan fingerprint density at radius 3 is 2.53 bits per heavy atom. The molecule has 0 saturated carbocycles. The molecule has 0 aliphatic carbocycles. The normalized spacial score (nSPS) is 19.5. The topological polar surface area (TPSA) is 104 Å². The van der Waals surface area contributed by atoms with E-state index in [-0.39, 0.29) is 11.5 Å². The zero-order valence-corrected chi connectivity index (χ0v) is 11.9. The second kappa shape index (κ2) is 5.20. The highest BCUT2D eigenvalue weighted by Crippen LogP contribution is 2.25. The fraction of sp³-hybridized carbons (Fsp3) is 0.727. The molecule has 3 N–H and O–H groups in total. The predicted molar refractivity (Wildman–Crippen MR) is 68.3 cm³/mol. The van der Waals surface area contributed by atoms with Crippen molar-refractivity contribution >= 4 is 10.0 Å². The Bertz CT molecular complexity index is 527. The molecule has 1 aliphatic heterocycles. The van der Waals surface area contributed by atoms with Crippen LogP contribution in [0.4, 0.5) is 0 Å². The van der Waals surface area contributed by atoms with Crippen LogP contribution in [-0.4, -0.2) is 49.1 Å². The summed E-state index contributed by atoms with van der Waals surface area (Å²) in [5.74, 6) is 0. The summed E-state index contributed by atoms with van der Waals surface area (Å²) < 4.78 is 32.7. The van der Waals surface area contributed by atoms with Gasteiger partial charge in [0.1, 0.15) is 4.90 Å². The molecule has 1 aliphatic rings. The third-order valence-electron chi connectivity index (χ3n) is 3.43. The SMILES string of the molecule is Cc1n[nH]c(C)c1S(=O)(=O)NC1(CO)CCOCC1. The number of aromatic nitrogens is 2. The number of hydrogen-bond donors (Lipinski definition) is 3. The molecule has 2 rings (SSSR count). The van der Waals surface area contributed by atoms with Crippen molar-refractivity contribution in [3.05, 3.63) is 11.4 Å². The van der Waals surface area contributed by atoms with Crippen LogP contribution in [0.5, 0.6) is 0 Å². The first-order chi connectivity index (χ1) is 8.90. The number of H-pyrrole nitrogens is 1. The molecular formula is C11H19N3O4S. The van der Waals surface area contributed by atoms with E-state index in [1.165, 1.54) is 0 Å². The molecule has 0 amide bonds. The molecular weight excluding hydrogens is 270 g/mol. The lowest BCUT2D eigenvalue weighted by molar-refractivity contribution is 0.0223. The largest absolute Gasteiger partial charge is 0.394 e. The number of aliphatic hydroxyl groups excluding tert-OH is 1. The molecule has 0 aromatic carbocycles. The van der Waals surface area contributed by atoms with Crippen molar-refractivity contribution in [3.63, 3.8) is 0 Å². The quantitative estimate of drug-likeness (QED) is 0.715. The van der Waals surface area contributed by atoms with Crippen molar-refractivity contribution in [2.75, 3.05) is 19.8 Å². The van der Waals surface area contributed by atoms with E-state index in [1.54, 1.807) is 13.8 Å². The minimum atomic E-state index is -3.71. The van der Waals surface area contributed by atoms with Crippen LogP contribution in [0.3, 0.4) is 0 Å². The summed E-state index contributed by atoms with van der Waals surface area (Å²) in [6.07, 6.45) is 0.914. The molecule has 0 radical (unpaired) electrons. The first kappa shape index (κ1) is 14.4. The van der Waals surface area contributed by atoms with E-state index in [0.29, 0.717) is 37.4 Å². The Balaban J connectivity index is 2.30. The first-order valence-electron chi connectivity index (χ1n) is 6.14. The maximum atomic E-state index is 12.4. The van der Waals surface area contributed by atoms with E-state index in [1.807, 2.05) is 0 Å². The van der Waals surface area contributed by atoms with Crippen LogP contribution in [0, 0.1) is 13.8 Å². The van der Waals surface area contributed by atoms with Crippen LogP contribution in [-0.2, 0) is 14.8 Å². The van der Waals surface area contributed by atoms with E-state index in [2.05, 4.69) is 14.9 Å². The van der Waals surface area contributed by atoms with Gasteiger partial charge in [-0.1, -0.05) is 0 Å². The van der Waals surface area contributed by atoms with Crippen LogP contribution in [0.25, 0.3) is 0 Å². The first-order valence-corrected chi connectivity index (χ1v) is 7.63. The Kier molecular flexibility index (Phi) is 3.95. The van der Waals surface area contributed by atoms with E-state index < -0.39 is 15.6 Å². The molecule has 19 heavy (non-hydrogen) atoms. The molecule has 0 spiro atoms. The number of ether oxygens (including phenoxy) is 1. The van der Waals surface area contributed by atoms with Crippen LogP contribution < -0.4 is 4.72 Å². The van der Waals surface area contributed by atoms with Gasteiger partial charge in [0, 0.05) is 13.2 Å². The smallest absolute Gasteiger partial charge is 0.244 e. The number of nitrogens with one attached hydrogen (secondary N) is 2. The van der Waals surface area contributed by atoms with Crippen molar-refractivity contribution in [1.82, 2.24) is 14.9 Å². The van der Waals surface area contributed by atoms with Crippen LogP contribution in [0.15, 0.2) is 4.90 Å². The third kappa shape index (κ3) is 2.81.